The van der Waals surface area contributed by atoms with Gasteiger partial charge in [0.05, 0.1) is 0 Å². The van der Waals surface area contributed by atoms with Crippen molar-refractivity contribution in [3.63, 3.8) is 0 Å². The lowest BCUT2D eigenvalue weighted by molar-refractivity contribution is 0.0923. The number of hydrogen-bond acceptors (Lipinski definition) is 4. The first-order chi connectivity index (χ1) is 8.11. The second kappa shape index (κ2) is 7.22. The Morgan fingerprint density at radius 3 is 2.76 bits per heavy atom. The SMILES string of the molecule is CCCNc1cc(C)nc(COCC(C)C)n1. The summed E-state index contributed by atoms with van der Waals surface area (Å²) < 4.78 is 5.54. The predicted molar refractivity (Wildman–Crippen MR) is 70.0 cm³/mol. The molecule has 0 aliphatic rings. The highest BCUT2D eigenvalue weighted by atomic mass is 16.5. The average Bonchev–Trinajstić information content (AvgIpc) is 2.25. The van der Waals surface area contributed by atoms with Crippen LogP contribution in [0.4, 0.5) is 5.82 Å². The minimum absolute atomic E-state index is 0.487. The molecular formula is C13H23N3O. The summed E-state index contributed by atoms with van der Waals surface area (Å²) in [6.45, 7) is 10.5. The molecule has 0 aromatic carbocycles. The van der Waals surface area contributed by atoms with Crippen LogP contribution in [0.5, 0.6) is 0 Å². The van der Waals surface area contributed by atoms with E-state index in [2.05, 4.69) is 36.1 Å². The Bertz CT molecular complexity index is 339. The quantitative estimate of drug-likeness (QED) is 0.792. The van der Waals surface area contributed by atoms with Crippen LogP contribution in [0.1, 0.15) is 38.7 Å². The molecule has 4 nitrogen and oxygen atoms in total. The number of anilines is 1. The summed E-state index contributed by atoms with van der Waals surface area (Å²) in [6, 6.07) is 1.96. The van der Waals surface area contributed by atoms with Crippen LogP contribution in [-0.2, 0) is 11.3 Å². The van der Waals surface area contributed by atoms with Crippen molar-refractivity contribution in [3.8, 4) is 0 Å². The van der Waals surface area contributed by atoms with Gasteiger partial charge >= 0.3 is 0 Å². The van der Waals surface area contributed by atoms with Gasteiger partial charge in [0.25, 0.3) is 0 Å². The van der Waals surface area contributed by atoms with Crippen molar-refractivity contribution < 1.29 is 4.74 Å². The molecule has 0 saturated heterocycles. The Morgan fingerprint density at radius 2 is 2.12 bits per heavy atom. The van der Waals surface area contributed by atoms with Crippen LogP contribution in [0.15, 0.2) is 6.07 Å². The van der Waals surface area contributed by atoms with Crippen LogP contribution in [0.2, 0.25) is 0 Å². The molecule has 4 heteroatoms. The number of nitrogens with zero attached hydrogens (tertiary/aromatic N) is 2. The van der Waals surface area contributed by atoms with Gasteiger partial charge in [0, 0.05) is 24.9 Å². The summed E-state index contributed by atoms with van der Waals surface area (Å²) in [5, 5.41) is 3.27. The molecule has 0 fully saturated rings. The normalized spacial score (nSPS) is 10.9. The third-order valence-electron chi connectivity index (χ3n) is 2.14. The van der Waals surface area contributed by atoms with E-state index >= 15 is 0 Å². The van der Waals surface area contributed by atoms with E-state index in [0.717, 1.165) is 36.9 Å². The number of nitrogens with one attached hydrogen (secondary N) is 1. The number of aromatic nitrogens is 2. The molecule has 0 bridgehead atoms. The minimum Gasteiger partial charge on any atom is -0.373 e. The van der Waals surface area contributed by atoms with Gasteiger partial charge in [0.2, 0.25) is 0 Å². The van der Waals surface area contributed by atoms with Crippen LogP contribution in [0.25, 0.3) is 0 Å². The Kier molecular flexibility index (Phi) is 5.91. The maximum atomic E-state index is 5.54. The van der Waals surface area contributed by atoms with Crippen molar-refractivity contribution in [1.29, 1.82) is 0 Å². The lowest BCUT2D eigenvalue weighted by Crippen LogP contribution is -2.08. The lowest BCUT2D eigenvalue weighted by atomic mass is 10.2. The van der Waals surface area contributed by atoms with Crippen molar-refractivity contribution in [2.24, 2.45) is 5.92 Å². The molecule has 1 aromatic rings. The predicted octanol–water partition coefficient (Wildman–Crippen LogP) is 2.78. The highest BCUT2D eigenvalue weighted by molar-refractivity contribution is 5.35. The van der Waals surface area contributed by atoms with Crippen molar-refractivity contribution in [3.05, 3.63) is 17.6 Å². The van der Waals surface area contributed by atoms with Gasteiger partial charge in [-0.15, -0.1) is 0 Å². The first-order valence-electron chi connectivity index (χ1n) is 6.28. The number of rotatable bonds is 7. The molecular weight excluding hydrogens is 214 g/mol. The van der Waals surface area contributed by atoms with E-state index in [-0.39, 0.29) is 0 Å². The Hall–Kier alpha value is -1.16. The molecule has 17 heavy (non-hydrogen) atoms. The van der Waals surface area contributed by atoms with Crippen molar-refractivity contribution >= 4 is 5.82 Å². The standard InChI is InChI=1S/C13H23N3O/c1-5-6-14-12-7-11(4)15-13(16-12)9-17-8-10(2)3/h7,10H,5-6,8-9H2,1-4H3,(H,14,15,16). The lowest BCUT2D eigenvalue weighted by Gasteiger charge is -2.09. The fourth-order valence-electron chi connectivity index (χ4n) is 1.42. The largest absolute Gasteiger partial charge is 0.373 e. The summed E-state index contributed by atoms with van der Waals surface area (Å²) in [5.74, 6) is 2.18. The molecule has 1 heterocycles. The monoisotopic (exact) mass is 237 g/mol. The Labute approximate surface area is 104 Å². The van der Waals surface area contributed by atoms with Gasteiger partial charge in [-0.05, 0) is 19.3 Å². The van der Waals surface area contributed by atoms with Crippen molar-refractivity contribution in [1.82, 2.24) is 9.97 Å². The summed E-state index contributed by atoms with van der Waals surface area (Å²) in [4.78, 5) is 8.78. The molecule has 0 atom stereocenters. The highest BCUT2D eigenvalue weighted by Crippen LogP contribution is 2.07. The molecule has 0 amide bonds. The molecule has 0 radical (unpaired) electrons. The van der Waals surface area contributed by atoms with Gasteiger partial charge in [-0.1, -0.05) is 20.8 Å². The van der Waals surface area contributed by atoms with Crippen LogP contribution < -0.4 is 5.32 Å². The third kappa shape index (κ3) is 5.63. The van der Waals surface area contributed by atoms with Crippen LogP contribution in [-0.4, -0.2) is 23.1 Å². The fourth-order valence-corrected chi connectivity index (χ4v) is 1.42. The molecule has 1 aromatic heterocycles. The second-order valence-corrected chi connectivity index (χ2v) is 4.65. The van der Waals surface area contributed by atoms with E-state index in [0.29, 0.717) is 12.5 Å². The van der Waals surface area contributed by atoms with Gasteiger partial charge < -0.3 is 10.1 Å². The average molecular weight is 237 g/mol. The van der Waals surface area contributed by atoms with Gasteiger partial charge in [-0.25, -0.2) is 9.97 Å². The first kappa shape index (κ1) is 13.9. The van der Waals surface area contributed by atoms with E-state index < -0.39 is 0 Å². The minimum atomic E-state index is 0.487. The van der Waals surface area contributed by atoms with E-state index in [4.69, 9.17) is 4.74 Å². The topological polar surface area (TPSA) is 47.0 Å². The van der Waals surface area contributed by atoms with Gasteiger partial charge in [-0.3, -0.25) is 0 Å². The van der Waals surface area contributed by atoms with Crippen molar-refractivity contribution in [2.45, 2.75) is 40.7 Å². The number of aryl methyl sites for hydroxylation is 1. The zero-order valence-electron chi connectivity index (χ0n) is 11.3. The molecule has 1 N–H and O–H groups in total. The third-order valence-corrected chi connectivity index (χ3v) is 2.14. The van der Waals surface area contributed by atoms with Crippen LogP contribution >= 0.6 is 0 Å². The van der Waals surface area contributed by atoms with E-state index in [9.17, 15) is 0 Å². The number of hydrogen-bond donors (Lipinski definition) is 1. The first-order valence-corrected chi connectivity index (χ1v) is 6.28. The highest BCUT2D eigenvalue weighted by Gasteiger charge is 2.03. The van der Waals surface area contributed by atoms with Crippen LogP contribution in [0, 0.1) is 12.8 Å². The molecule has 1 rings (SSSR count). The van der Waals surface area contributed by atoms with Gasteiger partial charge in [0.15, 0.2) is 5.82 Å². The zero-order valence-corrected chi connectivity index (χ0v) is 11.3. The maximum Gasteiger partial charge on any atom is 0.156 e. The Morgan fingerprint density at radius 1 is 1.35 bits per heavy atom. The summed E-state index contributed by atoms with van der Waals surface area (Å²) in [7, 11) is 0. The molecule has 96 valence electrons. The van der Waals surface area contributed by atoms with E-state index in [1.807, 2.05) is 13.0 Å². The van der Waals surface area contributed by atoms with E-state index in [1.54, 1.807) is 0 Å². The molecule has 0 saturated carbocycles. The van der Waals surface area contributed by atoms with Gasteiger partial charge in [-0.2, -0.15) is 0 Å². The van der Waals surface area contributed by atoms with Crippen molar-refractivity contribution in [2.75, 3.05) is 18.5 Å². The summed E-state index contributed by atoms with van der Waals surface area (Å²) in [6.07, 6.45) is 1.09. The summed E-state index contributed by atoms with van der Waals surface area (Å²) >= 11 is 0. The molecule has 0 aliphatic heterocycles. The molecule has 0 aliphatic carbocycles. The second-order valence-electron chi connectivity index (χ2n) is 4.65. The van der Waals surface area contributed by atoms with Crippen LogP contribution in [0.3, 0.4) is 0 Å². The smallest absolute Gasteiger partial charge is 0.156 e. The maximum absolute atomic E-state index is 5.54. The molecule has 0 unspecified atom stereocenters. The van der Waals surface area contributed by atoms with Gasteiger partial charge in [0.1, 0.15) is 12.4 Å². The number of ether oxygens (including phenoxy) is 1. The molecule has 0 spiro atoms. The summed E-state index contributed by atoms with van der Waals surface area (Å²) in [5.41, 5.74) is 0.974. The van der Waals surface area contributed by atoms with E-state index in [1.165, 1.54) is 0 Å². The fraction of sp³-hybridized carbons (Fsp3) is 0.692. The zero-order chi connectivity index (χ0) is 12.7. The Balaban J connectivity index is 2.55.